The number of nitrogen functional groups attached to an aromatic ring is 1. The maximum absolute atomic E-state index is 12.1. The zero-order valence-corrected chi connectivity index (χ0v) is 19.5. The second-order valence-electron chi connectivity index (χ2n) is 6.60. The van der Waals surface area contributed by atoms with Crippen LogP contribution in [0.15, 0.2) is 67.4 Å². The maximum atomic E-state index is 12.1. The number of azo groups is 1. The predicted molar refractivity (Wildman–Crippen MR) is 122 cm³/mol. The van der Waals surface area contributed by atoms with Crippen LogP contribution in [0.5, 0.6) is 0 Å². The van der Waals surface area contributed by atoms with Crippen LogP contribution < -0.4 is 16.8 Å². The molecule has 0 aliphatic carbocycles. The van der Waals surface area contributed by atoms with E-state index in [9.17, 15) is 30.7 Å². The molecule has 0 heterocycles. The third-order valence-corrected chi connectivity index (χ3v) is 6.56. The smallest absolute Gasteiger partial charge is 0.316 e. The van der Waals surface area contributed by atoms with Crippen molar-refractivity contribution in [3.8, 4) is 0 Å². The second-order valence-corrected chi connectivity index (χ2v) is 10.2. The number of amides is 2. The Balaban J connectivity index is 2.27. The van der Waals surface area contributed by atoms with Gasteiger partial charge in [0, 0.05) is 21.4 Å². The summed E-state index contributed by atoms with van der Waals surface area (Å²) >= 11 is 0.283. The van der Waals surface area contributed by atoms with Gasteiger partial charge in [-0.2, -0.15) is 21.9 Å². The average molecular weight is 546 g/mol. The minimum atomic E-state index is -4.96. The van der Waals surface area contributed by atoms with Gasteiger partial charge in [0.25, 0.3) is 20.2 Å². The lowest BCUT2D eigenvalue weighted by Gasteiger charge is -2.11. The Bertz CT molecular complexity index is 1560. The van der Waals surface area contributed by atoms with Gasteiger partial charge in [-0.15, -0.1) is 9.45 Å². The highest BCUT2D eigenvalue weighted by Gasteiger charge is 2.23. The Morgan fingerprint density at radius 2 is 1.57 bits per heavy atom. The molecule has 0 atom stereocenters. The van der Waals surface area contributed by atoms with Gasteiger partial charge in [-0.25, -0.2) is 10.1 Å². The number of hydrogen-bond acceptors (Lipinski definition) is 12. The number of anilines is 2. The fourth-order valence-electron chi connectivity index (χ4n) is 2.93. The maximum Gasteiger partial charge on any atom is 0.316 e. The number of nitrogens with one attached hydrogen (secondary N) is 1. The third-order valence-electron chi connectivity index (χ3n) is 4.22. The highest BCUT2D eigenvalue weighted by atomic mass is 32.2. The summed E-state index contributed by atoms with van der Waals surface area (Å²) in [7, 11) is -9.91. The topological polar surface area (TPSA) is 253 Å². The van der Waals surface area contributed by atoms with Gasteiger partial charge in [0.1, 0.15) is 15.5 Å². The van der Waals surface area contributed by atoms with E-state index >= 15 is 0 Å². The van der Waals surface area contributed by atoms with E-state index in [1.165, 1.54) is 18.2 Å². The van der Waals surface area contributed by atoms with Gasteiger partial charge in [0.05, 0.1) is 23.4 Å². The van der Waals surface area contributed by atoms with Crippen LogP contribution in [-0.2, 0) is 29.6 Å². The van der Waals surface area contributed by atoms with Crippen molar-refractivity contribution in [3.63, 3.8) is 0 Å². The van der Waals surface area contributed by atoms with E-state index in [0.29, 0.717) is 0 Å². The summed E-state index contributed by atoms with van der Waals surface area (Å²) in [6, 6.07) is 7.14. The van der Waals surface area contributed by atoms with E-state index in [1.807, 2.05) is 0 Å². The number of rotatable bonds is 8. The van der Waals surface area contributed by atoms with Crippen molar-refractivity contribution in [1.82, 2.24) is 0 Å². The first kappa shape index (κ1) is 26.2. The van der Waals surface area contributed by atoms with Crippen LogP contribution in [0, 0.1) is 0 Å². The molecule has 3 rings (SSSR count). The van der Waals surface area contributed by atoms with Crippen molar-refractivity contribution < 1.29 is 45.4 Å². The molecule has 8 N–H and O–H groups in total. The minimum Gasteiger partial charge on any atom is -0.399 e. The van der Waals surface area contributed by atoms with E-state index in [4.69, 9.17) is 16.7 Å². The molecule has 0 radical (unpaired) electrons. The SMILES string of the molecule is NC(=O)Nc1cc(N)ccc1N=Nc1cc(S(=O)(=O)O)c2cc(SOOO)cc(S(=O)(=O)O)c2c1. The summed E-state index contributed by atoms with van der Waals surface area (Å²) in [5.41, 5.74) is 10.9. The summed E-state index contributed by atoms with van der Waals surface area (Å²) < 4.78 is 71.8. The van der Waals surface area contributed by atoms with Gasteiger partial charge < -0.3 is 16.8 Å². The van der Waals surface area contributed by atoms with Gasteiger partial charge in [-0.1, -0.05) is 5.04 Å². The lowest BCUT2D eigenvalue weighted by molar-refractivity contribution is -0.432. The van der Waals surface area contributed by atoms with Crippen LogP contribution in [0.25, 0.3) is 10.8 Å². The molecule has 15 nitrogen and oxygen atoms in total. The van der Waals surface area contributed by atoms with Gasteiger partial charge in [0.2, 0.25) is 0 Å². The average Bonchev–Trinajstić information content (AvgIpc) is 2.74. The fraction of sp³-hybridized carbons (Fsp3) is 0. The molecule has 0 saturated heterocycles. The van der Waals surface area contributed by atoms with Gasteiger partial charge in [-0.05, 0) is 42.5 Å². The number of benzene rings is 3. The molecule has 0 saturated carbocycles. The monoisotopic (exact) mass is 545 g/mol. The number of urea groups is 1. The molecule has 0 aliphatic rings. The molecule has 0 spiro atoms. The number of carbonyl (C=O) groups is 1. The Morgan fingerprint density at radius 3 is 2.17 bits per heavy atom. The van der Waals surface area contributed by atoms with Gasteiger partial charge in [0.15, 0.2) is 0 Å². The second kappa shape index (κ2) is 10.1. The van der Waals surface area contributed by atoms with E-state index in [0.717, 1.165) is 24.3 Å². The molecule has 0 bridgehead atoms. The van der Waals surface area contributed by atoms with Gasteiger partial charge >= 0.3 is 6.03 Å². The number of nitrogens with two attached hydrogens (primary N) is 2. The first-order chi connectivity index (χ1) is 16.3. The number of carbonyl (C=O) groups excluding carboxylic acids is 1. The van der Waals surface area contributed by atoms with E-state index in [-0.39, 0.29) is 50.5 Å². The third kappa shape index (κ3) is 6.41. The molecule has 186 valence electrons. The Kier molecular flexibility index (Phi) is 7.57. The normalized spacial score (nSPS) is 12.3. The van der Waals surface area contributed by atoms with Crippen molar-refractivity contribution in [2.24, 2.45) is 16.0 Å². The summed E-state index contributed by atoms with van der Waals surface area (Å²) in [6.07, 6.45) is 0. The summed E-state index contributed by atoms with van der Waals surface area (Å²) in [4.78, 5) is 9.54. The minimum absolute atomic E-state index is 0.0504. The Labute approximate surface area is 201 Å². The molecule has 0 aromatic heterocycles. The highest BCUT2D eigenvalue weighted by Crippen LogP contribution is 2.38. The van der Waals surface area contributed by atoms with Crippen molar-refractivity contribution in [1.29, 1.82) is 0 Å². The van der Waals surface area contributed by atoms with E-state index in [1.54, 1.807) is 0 Å². The lowest BCUT2D eigenvalue weighted by atomic mass is 10.1. The first-order valence-electron chi connectivity index (χ1n) is 8.89. The largest absolute Gasteiger partial charge is 0.399 e. The van der Waals surface area contributed by atoms with Gasteiger partial charge in [-0.3, -0.25) is 9.11 Å². The van der Waals surface area contributed by atoms with Crippen molar-refractivity contribution in [2.75, 3.05) is 11.1 Å². The van der Waals surface area contributed by atoms with Crippen LogP contribution in [-0.4, -0.2) is 37.2 Å². The van der Waals surface area contributed by atoms with Crippen molar-refractivity contribution >= 4 is 71.8 Å². The van der Waals surface area contributed by atoms with Crippen molar-refractivity contribution in [3.05, 3.63) is 42.5 Å². The zero-order chi connectivity index (χ0) is 26.0. The van der Waals surface area contributed by atoms with Crippen molar-refractivity contribution in [2.45, 2.75) is 14.7 Å². The lowest BCUT2D eigenvalue weighted by Crippen LogP contribution is -2.19. The highest BCUT2D eigenvalue weighted by molar-refractivity contribution is 7.94. The standard InChI is InChI=1S/C17H15N5O10S3/c18-8-1-2-13(14(3-8)20-17(19)23)22-21-9-4-11-12(15(5-9)34(25,26)27)6-10(33-32-31-24)7-16(11)35(28,29)30/h1-7,24H,18H2,(H3,19,20,23)(H,25,26,27)(H,28,29,30). The van der Waals surface area contributed by atoms with E-state index < -0.39 is 36.1 Å². The molecule has 3 aromatic rings. The number of fused-ring (bicyclic) bond motifs is 1. The Morgan fingerprint density at radius 1 is 0.943 bits per heavy atom. The molecule has 3 aromatic carbocycles. The quantitative estimate of drug-likeness (QED) is 0.0595. The Hall–Kier alpha value is -3.36. The molecule has 0 unspecified atom stereocenters. The zero-order valence-electron chi connectivity index (χ0n) is 17.0. The summed E-state index contributed by atoms with van der Waals surface area (Å²) in [5.74, 6) is 0. The molecule has 2 amide bonds. The number of nitrogens with zero attached hydrogens (tertiary/aromatic N) is 2. The fourth-order valence-corrected chi connectivity index (χ4v) is 4.88. The summed E-state index contributed by atoms with van der Waals surface area (Å²) in [5, 5.41) is 21.1. The molecule has 0 fully saturated rings. The number of hydrogen-bond donors (Lipinski definition) is 6. The van der Waals surface area contributed by atoms with Crippen LogP contribution in [0.2, 0.25) is 0 Å². The number of primary amides is 1. The molecule has 35 heavy (non-hydrogen) atoms. The predicted octanol–water partition coefficient (Wildman–Crippen LogP) is 3.25. The molecule has 0 aliphatic heterocycles. The summed E-state index contributed by atoms with van der Waals surface area (Å²) in [6.45, 7) is 0. The molecule has 18 heteroatoms. The van der Waals surface area contributed by atoms with Crippen LogP contribution in [0.1, 0.15) is 0 Å². The van der Waals surface area contributed by atoms with Crippen LogP contribution >= 0.6 is 12.0 Å². The van der Waals surface area contributed by atoms with Crippen LogP contribution in [0.4, 0.5) is 27.5 Å². The first-order valence-corrected chi connectivity index (χ1v) is 12.5. The van der Waals surface area contributed by atoms with E-state index in [2.05, 4.69) is 24.9 Å². The van der Waals surface area contributed by atoms with Crippen LogP contribution in [0.3, 0.4) is 0 Å². The molecular weight excluding hydrogens is 530 g/mol. The molecular formula is C17H15N5O10S3.